The van der Waals surface area contributed by atoms with Gasteiger partial charge in [-0.3, -0.25) is 0 Å². The van der Waals surface area contributed by atoms with Crippen LogP contribution < -0.4 is 10.1 Å². The van der Waals surface area contributed by atoms with E-state index in [2.05, 4.69) is 10.3 Å². The number of pyridine rings is 1. The normalized spacial score (nSPS) is 16.4. The fraction of sp³-hybridized carbons (Fsp3) is 0.294. The Balaban J connectivity index is 1.64. The number of nitrogens with zero attached hydrogens (tertiary/aromatic N) is 1. The van der Waals surface area contributed by atoms with Crippen molar-refractivity contribution in [3.05, 3.63) is 58.2 Å². The molecule has 5 nitrogen and oxygen atoms in total. The average molecular weight is 387 g/mol. The third kappa shape index (κ3) is 4.01. The SMILES string of the molecule is O=C(NCc1cccc(C(F)(F)F)c1Cl)OC1CCOc2ncccc21. The van der Waals surface area contributed by atoms with Crippen molar-refractivity contribution in [3.63, 3.8) is 0 Å². The lowest BCUT2D eigenvalue weighted by Crippen LogP contribution is -2.28. The van der Waals surface area contributed by atoms with E-state index >= 15 is 0 Å². The molecule has 1 amide bonds. The summed E-state index contributed by atoms with van der Waals surface area (Å²) in [6.45, 7) is 0.159. The second-order valence-electron chi connectivity index (χ2n) is 5.56. The van der Waals surface area contributed by atoms with Gasteiger partial charge in [0.25, 0.3) is 0 Å². The van der Waals surface area contributed by atoms with E-state index in [-0.39, 0.29) is 12.1 Å². The molecule has 1 atom stereocenters. The molecule has 1 N–H and O–H groups in total. The van der Waals surface area contributed by atoms with E-state index in [1.807, 2.05) is 0 Å². The van der Waals surface area contributed by atoms with Gasteiger partial charge in [0.15, 0.2) is 0 Å². The Morgan fingerprint density at radius 3 is 2.92 bits per heavy atom. The molecule has 0 saturated heterocycles. The second kappa shape index (κ2) is 7.41. The van der Waals surface area contributed by atoms with Crippen LogP contribution in [0.1, 0.15) is 29.2 Å². The molecule has 138 valence electrons. The number of halogens is 4. The molecule has 2 aromatic rings. The van der Waals surface area contributed by atoms with Crippen molar-refractivity contribution in [1.82, 2.24) is 10.3 Å². The zero-order valence-corrected chi connectivity index (χ0v) is 14.1. The molecule has 1 aromatic heterocycles. The maximum absolute atomic E-state index is 12.9. The van der Waals surface area contributed by atoms with Gasteiger partial charge in [-0.25, -0.2) is 9.78 Å². The first-order valence-electron chi connectivity index (χ1n) is 7.73. The number of rotatable bonds is 3. The van der Waals surface area contributed by atoms with Crippen LogP contribution in [0.5, 0.6) is 5.88 Å². The summed E-state index contributed by atoms with van der Waals surface area (Å²) in [5.74, 6) is 0.400. The van der Waals surface area contributed by atoms with Crippen molar-refractivity contribution in [2.75, 3.05) is 6.61 Å². The summed E-state index contributed by atoms with van der Waals surface area (Å²) in [5, 5.41) is 1.98. The fourth-order valence-electron chi connectivity index (χ4n) is 2.58. The zero-order valence-electron chi connectivity index (χ0n) is 13.3. The van der Waals surface area contributed by atoms with Crippen LogP contribution in [0.2, 0.25) is 5.02 Å². The number of amides is 1. The van der Waals surface area contributed by atoms with Crippen molar-refractivity contribution in [3.8, 4) is 5.88 Å². The summed E-state index contributed by atoms with van der Waals surface area (Å²) < 4.78 is 49.3. The lowest BCUT2D eigenvalue weighted by Gasteiger charge is -2.24. The van der Waals surface area contributed by atoms with Crippen molar-refractivity contribution in [2.45, 2.75) is 25.2 Å². The van der Waals surface area contributed by atoms with E-state index in [9.17, 15) is 18.0 Å². The summed E-state index contributed by atoms with van der Waals surface area (Å²) in [5.41, 5.74) is -0.158. The molecule has 26 heavy (non-hydrogen) atoms. The number of carbonyl (C=O) groups excluding carboxylic acids is 1. The predicted octanol–water partition coefficient (Wildman–Crippen LogP) is 4.50. The summed E-state index contributed by atoms with van der Waals surface area (Å²) in [7, 11) is 0. The number of carbonyl (C=O) groups is 1. The van der Waals surface area contributed by atoms with Crippen LogP contribution in [-0.2, 0) is 17.5 Å². The molecule has 1 unspecified atom stereocenters. The molecular weight excluding hydrogens is 373 g/mol. The van der Waals surface area contributed by atoms with Crippen molar-refractivity contribution >= 4 is 17.7 Å². The topological polar surface area (TPSA) is 60.5 Å². The fourth-order valence-corrected chi connectivity index (χ4v) is 2.88. The van der Waals surface area contributed by atoms with Gasteiger partial charge in [0, 0.05) is 19.2 Å². The Bertz CT molecular complexity index is 814. The molecular formula is C17H14ClF3N2O3. The predicted molar refractivity (Wildman–Crippen MR) is 86.9 cm³/mol. The molecule has 0 fully saturated rings. The molecule has 2 heterocycles. The van der Waals surface area contributed by atoms with Crippen LogP contribution in [0.25, 0.3) is 0 Å². The molecule has 1 aliphatic heterocycles. The molecule has 0 bridgehead atoms. The maximum atomic E-state index is 12.9. The van der Waals surface area contributed by atoms with Gasteiger partial charge in [-0.2, -0.15) is 13.2 Å². The lowest BCUT2D eigenvalue weighted by molar-refractivity contribution is -0.137. The number of alkyl carbamates (subject to hydrolysis) is 1. The third-order valence-corrected chi connectivity index (χ3v) is 4.27. The molecule has 1 aromatic carbocycles. The zero-order chi connectivity index (χ0) is 18.7. The molecule has 0 radical (unpaired) electrons. The number of hydrogen-bond donors (Lipinski definition) is 1. The molecule has 0 spiro atoms. The monoisotopic (exact) mass is 386 g/mol. The Morgan fingerprint density at radius 2 is 2.15 bits per heavy atom. The standard InChI is InChI=1S/C17H14ClF3N2O3/c18-14-10(3-1-5-12(14)17(19,20)21)9-23-16(24)26-13-6-8-25-15-11(13)4-2-7-22-15/h1-5,7,13H,6,8-9H2,(H,23,24). The highest BCUT2D eigenvalue weighted by Crippen LogP contribution is 2.36. The van der Waals surface area contributed by atoms with Gasteiger partial charge in [-0.05, 0) is 23.8 Å². The third-order valence-electron chi connectivity index (χ3n) is 3.82. The largest absolute Gasteiger partial charge is 0.477 e. The van der Waals surface area contributed by atoms with Crippen LogP contribution in [0, 0.1) is 0 Å². The first kappa shape index (κ1) is 18.3. The number of fused-ring (bicyclic) bond motifs is 1. The summed E-state index contributed by atoms with van der Waals surface area (Å²) >= 11 is 5.80. The van der Waals surface area contributed by atoms with Crippen molar-refractivity contribution in [1.29, 1.82) is 0 Å². The highest BCUT2D eigenvalue weighted by molar-refractivity contribution is 6.32. The lowest BCUT2D eigenvalue weighted by atomic mass is 10.1. The van der Waals surface area contributed by atoms with E-state index in [4.69, 9.17) is 21.1 Å². The Labute approximate surface area is 152 Å². The van der Waals surface area contributed by atoms with Gasteiger partial charge in [0.1, 0.15) is 6.10 Å². The molecule has 9 heteroatoms. The van der Waals surface area contributed by atoms with Crippen LogP contribution in [0.4, 0.5) is 18.0 Å². The maximum Gasteiger partial charge on any atom is 0.417 e. The number of alkyl halides is 3. The Hall–Kier alpha value is -2.48. The van der Waals surface area contributed by atoms with Gasteiger partial charge < -0.3 is 14.8 Å². The van der Waals surface area contributed by atoms with Crippen molar-refractivity contribution < 1.29 is 27.4 Å². The highest BCUT2D eigenvalue weighted by atomic mass is 35.5. The van der Waals surface area contributed by atoms with E-state index in [1.165, 1.54) is 12.1 Å². The average Bonchev–Trinajstić information content (AvgIpc) is 2.60. The van der Waals surface area contributed by atoms with Crippen LogP contribution in [0.15, 0.2) is 36.5 Å². The van der Waals surface area contributed by atoms with Gasteiger partial charge in [-0.1, -0.05) is 23.7 Å². The van der Waals surface area contributed by atoms with Crippen molar-refractivity contribution in [2.24, 2.45) is 0 Å². The van der Waals surface area contributed by atoms with E-state index in [1.54, 1.807) is 18.3 Å². The summed E-state index contributed by atoms with van der Waals surface area (Å²) in [6.07, 6.45) is -3.84. The summed E-state index contributed by atoms with van der Waals surface area (Å²) in [4.78, 5) is 16.1. The minimum absolute atomic E-state index is 0.146. The number of ether oxygens (including phenoxy) is 2. The quantitative estimate of drug-likeness (QED) is 0.843. The van der Waals surface area contributed by atoms with Gasteiger partial charge in [-0.15, -0.1) is 0 Å². The van der Waals surface area contributed by atoms with Crippen LogP contribution in [0.3, 0.4) is 0 Å². The number of hydrogen-bond acceptors (Lipinski definition) is 4. The van der Waals surface area contributed by atoms with E-state index in [0.29, 0.717) is 24.5 Å². The molecule has 3 rings (SSSR count). The minimum Gasteiger partial charge on any atom is -0.477 e. The van der Waals surface area contributed by atoms with E-state index < -0.39 is 29.0 Å². The van der Waals surface area contributed by atoms with Crippen LogP contribution >= 0.6 is 11.6 Å². The molecule has 1 aliphatic rings. The van der Waals surface area contributed by atoms with Gasteiger partial charge in [0.05, 0.1) is 22.8 Å². The van der Waals surface area contributed by atoms with Crippen LogP contribution in [-0.4, -0.2) is 17.7 Å². The van der Waals surface area contributed by atoms with E-state index in [0.717, 1.165) is 6.07 Å². The number of benzene rings is 1. The second-order valence-corrected chi connectivity index (χ2v) is 5.94. The Morgan fingerprint density at radius 1 is 1.35 bits per heavy atom. The number of nitrogens with one attached hydrogen (secondary N) is 1. The Kier molecular flexibility index (Phi) is 5.22. The molecule has 0 saturated carbocycles. The van der Waals surface area contributed by atoms with Gasteiger partial charge in [0.2, 0.25) is 5.88 Å². The minimum atomic E-state index is -4.56. The summed E-state index contributed by atoms with van der Waals surface area (Å²) in [6, 6.07) is 6.96. The smallest absolute Gasteiger partial charge is 0.417 e. The first-order valence-corrected chi connectivity index (χ1v) is 8.11. The number of aromatic nitrogens is 1. The first-order chi connectivity index (χ1) is 12.4. The highest BCUT2D eigenvalue weighted by Gasteiger charge is 2.34. The molecule has 0 aliphatic carbocycles. The van der Waals surface area contributed by atoms with Gasteiger partial charge >= 0.3 is 12.3 Å².